The third-order valence-electron chi connectivity index (χ3n) is 3.85. The van der Waals surface area contributed by atoms with E-state index in [1.54, 1.807) is 0 Å². The molecule has 1 aliphatic rings. The van der Waals surface area contributed by atoms with Gasteiger partial charge in [0.2, 0.25) is 0 Å². The Balaban J connectivity index is 2.06. The lowest BCUT2D eigenvalue weighted by molar-refractivity contribution is 0.440. The van der Waals surface area contributed by atoms with Gasteiger partial charge in [0.1, 0.15) is 5.82 Å². The molecule has 2 aromatic rings. The van der Waals surface area contributed by atoms with Crippen LogP contribution in [-0.4, -0.2) is 19.7 Å². The molecule has 1 N–H and O–H groups in total. The van der Waals surface area contributed by atoms with Crippen LogP contribution in [0.5, 0.6) is 0 Å². The minimum absolute atomic E-state index is 0.561. The lowest BCUT2D eigenvalue weighted by Crippen LogP contribution is -2.14. The van der Waals surface area contributed by atoms with E-state index in [-0.39, 0.29) is 0 Å². The number of aromatic nitrogens is 4. The second-order valence-electron chi connectivity index (χ2n) is 5.70. The second kappa shape index (κ2) is 3.97. The van der Waals surface area contributed by atoms with Crippen molar-refractivity contribution in [3.05, 3.63) is 23.3 Å². The van der Waals surface area contributed by atoms with Crippen LogP contribution in [0.25, 0.3) is 11.4 Å². The van der Waals surface area contributed by atoms with E-state index in [1.165, 1.54) is 17.8 Å². The van der Waals surface area contributed by atoms with Gasteiger partial charge in [0.15, 0.2) is 0 Å². The minimum atomic E-state index is 0.561. The number of imidazole rings is 1. The first kappa shape index (κ1) is 11.5. The van der Waals surface area contributed by atoms with Crippen LogP contribution in [0.15, 0.2) is 6.20 Å². The van der Waals surface area contributed by atoms with Gasteiger partial charge in [-0.3, -0.25) is 4.68 Å². The Labute approximate surface area is 107 Å². The molecule has 0 aliphatic heterocycles. The van der Waals surface area contributed by atoms with Crippen molar-refractivity contribution in [1.82, 2.24) is 19.7 Å². The summed E-state index contributed by atoms with van der Waals surface area (Å²) in [5, 5.41) is 4.38. The van der Waals surface area contributed by atoms with Crippen LogP contribution in [0.2, 0.25) is 0 Å². The van der Waals surface area contributed by atoms with Gasteiger partial charge in [0.25, 0.3) is 0 Å². The Kier molecular flexibility index (Phi) is 2.54. The fourth-order valence-corrected chi connectivity index (χ4v) is 3.09. The molecular formula is C14H20N4. The third kappa shape index (κ3) is 1.76. The standard InChI is InChI=1S/C14H20N4/c1-8-5-9(2)13-12(6-8)15-14(16-13)11-7-18(4)17-10(11)3/h7-9H,5-6H2,1-4H3,(H,15,16). The lowest BCUT2D eigenvalue weighted by atomic mass is 9.84. The molecule has 2 heterocycles. The van der Waals surface area contributed by atoms with Gasteiger partial charge in [-0.05, 0) is 25.7 Å². The molecule has 2 aromatic heterocycles. The predicted octanol–water partition coefficient (Wildman–Crippen LogP) is 2.80. The van der Waals surface area contributed by atoms with Crippen LogP contribution in [-0.2, 0) is 13.5 Å². The number of hydrogen-bond donors (Lipinski definition) is 1. The normalized spacial score (nSPS) is 23.1. The molecule has 0 radical (unpaired) electrons. The molecule has 1 aliphatic carbocycles. The van der Waals surface area contributed by atoms with Crippen molar-refractivity contribution in [2.24, 2.45) is 13.0 Å². The summed E-state index contributed by atoms with van der Waals surface area (Å²) in [4.78, 5) is 8.30. The van der Waals surface area contributed by atoms with Crippen LogP contribution < -0.4 is 0 Å². The molecule has 4 heteroatoms. The van der Waals surface area contributed by atoms with E-state index >= 15 is 0 Å². The second-order valence-corrected chi connectivity index (χ2v) is 5.70. The molecule has 0 fully saturated rings. The van der Waals surface area contributed by atoms with Gasteiger partial charge >= 0.3 is 0 Å². The summed E-state index contributed by atoms with van der Waals surface area (Å²) < 4.78 is 1.85. The SMILES string of the molecule is Cc1nn(C)cc1-c1nc2c([nH]1)CC(C)CC2C. The van der Waals surface area contributed by atoms with E-state index in [4.69, 9.17) is 4.98 Å². The van der Waals surface area contributed by atoms with E-state index < -0.39 is 0 Å². The average molecular weight is 244 g/mol. The minimum Gasteiger partial charge on any atom is -0.341 e. The van der Waals surface area contributed by atoms with Crippen molar-refractivity contribution in [3.63, 3.8) is 0 Å². The first-order valence-electron chi connectivity index (χ1n) is 6.64. The number of nitrogens with one attached hydrogen (secondary N) is 1. The maximum Gasteiger partial charge on any atom is 0.141 e. The Bertz CT molecular complexity index is 579. The van der Waals surface area contributed by atoms with Crippen molar-refractivity contribution in [2.75, 3.05) is 0 Å². The Hall–Kier alpha value is -1.58. The van der Waals surface area contributed by atoms with Gasteiger partial charge in [-0.2, -0.15) is 5.10 Å². The van der Waals surface area contributed by atoms with E-state index in [9.17, 15) is 0 Å². The van der Waals surface area contributed by atoms with Gasteiger partial charge in [0.05, 0.1) is 17.0 Å². The molecule has 0 amide bonds. The number of H-pyrrole nitrogens is 1. The van der Waals surface area contributed by atoms with Crippen LogP contribution in [0, 0.1) is 12.8 Å². The summed E-state index contributed by atoms with van der Waals surface area (Å²) in [6.45, 7) is 6.62. The first-order chi connectivity index (χ1) is 8.54. The highest BCUT2D eigenvalue weighted by atomic mass is 15.3. The molecule has 2 unspecified atom stereocenters. The summed E-state index contributed by atoms with van der Waals surface area (Å²) in [6, 6.07) is 0. The lowest BCUT2D eigenvalue weighted by Gasteiger charge is -2.22. The van der Waals surface area contributed by atoms with Crippen molar-refractivity contribution < 1.29 is 0 Å². The van der Waals surface area contributed by atoms with E-state index in [0.717, 1.165) is 29.4 Å². The summed E-state index contributed by atoms with van der Waals surface area (Å²) in [7, 11) is 1.95. The summed E-state index contributed by atoms with van der Waals surface area (Å²) in [6.07, 6.45) is 4.39. The summed E-state index contributed by atoms with van der Waals surface area (Å²) >= 11 is 0. The highest BCUT2D eigenvalue weighted by Gasteiger charge is 2.26. The van der Waals surface area contributed by atoms with E-state index in [0.29, 0.717) is 5.92 Å². The molecule has 0 spiro atoms. The number of hydrogen-bond acceptors (Lipinski definition) is 2. The number of aromatic amines is 1. The molecular weight excluding hydrogens is 224 g/mol. The van der Waals surface area contributed by atoms with Crippen LogP contribution in [0.1, 0.15) is 43.3 Å². The van der Waals surface area contributed by atoms with E-state index in [1.807, 2.05) is 24.9 Å². The predicted molar refractivity (Wildman–Crippen MR) is 71.4 cm³/mol. The highest BCUT2D eigenvalue weighted by Crippen LogP contribution is 2.34. The topological polar surface area (TPSA) is 46.5 Å². The maximum atomic E-state index is 4.80. The number of aryl methyl sites for hydroxylation is 2. The van der Waals surface area contributed by atoms with Gasteiger partial charge in [-0.15, -0.1) is 0 Å². The fourth-order valence-electron chi connectivity index (χ4n) is 3.09. The number of fused-ring (bicyclic) bond motifs is 1. The zero-order valence-electron chi connectivity index (χ0n) is 11.5. The zero-order chi connectivity index (χ0) is 12.9. The summed E-state index contributed by atoms with van der Waals surface area (Å²) in [5.41, 5.74) is 4.72. The Morgan fingerprint density at radius 3 is 2.83 bits per heavy atom. The van der Waals surface area contributed by atoms with Crippen LogP contribution in [0.3, 0.4) is 0 Å². The smallest absolute Gasteiger partial charge is 0.141 e. The molecule has 96 valence electrons. The average Bonchev–Trinajstić information content (AvgIpc) is 2.81. The van der Waals surface area contributed by atoms with Gasteiger partial charge < -0.3 is 4.98 Å². The van der Waals surface area contributed by atoms with Crippen molar-refractivity contribution in [2.45, 2.75) is 39.5 Å². The molecule has 4 nitrogen and oxygen atoms in total. The zero-order valence-corrected chi connectivity index (χ0v) is 11.5. The molecule has 0 bridgehead atoms. The number of rotatable bonds is 1. The molecule has 2 atom stereocenters. The van der Waals surface area contributed by atoms with Gasteiger partial charge in [-0.1, -0.05) is 13.8 Å². The quantitative estimate of drug-likeness (QED) is 0.838. The molecule has 18 heavy (non-hydrogen) atoms. The van der Waals surface area contributed by atoms with Crippen molar-refractivity contribution in [1.29, 1.82) is 0 Å². The monoisotopic (exact) mass is 244 g/mol. The molecule has 0 saturated heterocycles. The van der Waals surface area contributed by atoms with Gasteiger partial charge in [0, 0.05) is 24.9 Å². The molecule has 0 aromatic carbocycles. The molecule has 0 saturated carbocycles. The Morgan fingerprint density at radius 1 is 1.39 bits per heavy atom. The fraction of sp³-hybridized carbons (Fsp3) is 0.571. The Morgan fingerprint density at radius 2 is 2.17 bits per heavy atom. The first-order valence-corrected chi connectivity index (χ1v) is 6.64. The third-order valence-corrected chi connectivity index (χ3v) is 3.85. The van der Waals surface area contributed by atoms with Crippen molar-refractivity contribution >= 4 is 0 Å². The summed E-state index contributed by atoms with van der Waals surface area (Å²) in [5.74, 6) is 2.29. The largest absolute Gasteiger partial charge is 0.341 e. The highest BCUT2D eigenvalue weighted by molar-refractivity contribution is 5.58. The van der Waals surface area contributed by atoms with Crippen molar-refractivity contribution in [3.8, 4) is 11.4 Å². The maximum absolute atomic E-state index is 4.80. The molecule has 3 rings (SSSR count). The van der Waals surface area contributed by atoms with Crippen LogP contribution in [0.4, 0.5) is 0 Å². The van der Waals surface area contributed by atoms with Gasteiger partial charge in [-0.25, -0.2) is 4.98 Å². The van der Waals surface area contributed by atoms with Crippen LogP contribution >= 0.6 is 0 Å². The number of nitrogens with zero attached hydrogens (tertiary/aromatic N) is 3. The van der Waals surface area contributed by atoms with E-state index in [2.05, 4.69) is 23.9 Å².